The Labute approximate surface area is 197 Å². The number of para-hydroxylation sites is 1. The molecule has 0 aliphatic carbocycles. The molecular weight excluding hydrogens is 434 g/mol. The van der Waals surface area contributed by atoms with E-state index in [1.807, 2.05) is 68.4 Å². The summed E-state index contributed by atoms with van der Waals surface area (Å²) >= 11 is 1.50. The van der Waals surface area contributed by atoms with Gasteiger partial charge in [-0.15, -0.1) is 11.8 Å². The van der Waals surface area contributed by atoms with Crippen LogP contribution in [0.2, 0.25) is 0 Å². The SMILES string of the molecule is Cc1noc(C)c1CSc1ncccc1C(=O)NCc1cccc(COc2ccccc2)c1. The van der Waals surface area contributed by atoms with Crippen molar-refractivity contribution in [2.75, 3.05) is 0 Å². The number of nitrogens with zero attached hydrogens (tertiary/aromatic N) is 2. The van der Waals surface area contributed by atoms with Crippen LogP contribution < -0.4 is 10.1 Å². The molecule has 0 unspecified atom stereocenters. The van der Waals surface area contributed by atoms with Gasteiger partial charge in [-0.2, -0.15) is 0 Å². The van der Waals surface area contributed by atoms with Crippen LogP contribution in [0.25, 0.3) is 0 Å². The smallest absolute Gasteiger partial charge is 0.254 e. The molecule has 0 radical (unpaired) electrons. The second kappa shape index (κ2) is 10.8. The third kappa shape index (κ3) is 6.02. The van der Waals surface area contributed by atoms with E-state index in [1.165, 1.54) is 11.8 Å². The van der Waals surface area contributed by atoms with Gasteiger partial charge in [-0.05, 0) is 49.2 Å². The molecule has 0 saturated heterocycles. The van der Waals surface area contributed by atoms with Crippen LogP contribution in [0.1, 0.15) is 38.5 Å². The van der Waals surface area contributed by atoms with E-state index in [4.69, 9.17) is 9.26 Å². The highest BCUT2D eigenvalue weighted by atomic mass is 32.2. The van der Waals surface area contributed by atoms with Gasteiger partial charge in [0.05, 0.1) is 11.3 Å². The Kier molecular flexibility index (Phi) is 7.42. The molecule has 33 heavy (non-hydrogen) atoms. The van der Waals surface area contributed by atoms with Crippen LogP contribution in [0, 0.1) is 13.8 Å². The zero-order valence-corrected chi connectivity index (χ0v) is 19.4. The van der Waals surface area contributed by atoms with Crippen molar-refractivity contribution in [1.82, 2.24) is 15.5 Å². The van der Waals surface area contributed by atoms with Crippen molar-refractivity contribution in [3.05, 3.63) is 107 Å². The minimum atomic E-state index is -0.157. The van der Waals surface area contributed by atoms with Gasteiger partial charge in [-0.3, -0.25) is 4.79 Å². The summed E-state index contributed by atoms with van der Waals surface area (Å²) in [5.74, 6) is 2.10. The molecule has 2 aromatic carbocycles. The van der Waals surface area contributed by atoms with Crippen molar-refractivity contribution in [2.24, 2.45) is 0 Å². The third-order valence-corrected chi connectivity index (χ3v) is 6.18. The molecule has 4 rings (SSSR count). The lowest BCUT2D eigenvalue weighted by atomic mass is 10.1. The quantitative estimate of drug-likeness (QED) is 0.334. The number of rotatable bonds is 9. The fourth-order valence-corrected chi connectivity index (χ4v) is 4.46. The Morgan fingerprint density at radius 2 is 1.85 bits per heavy atom. The van der Waals surface area contributed by atoms with E-state index in [-0.39, 0.29) is 5.91 Å². The summed E-state index contributed by atoms with van der Waals surface area (Å²) in [6.07, 6.45) is 1.70. The maximum atomic E-state index is 12.9. The van der Waals surface area contributed by atoms with Gasteiger partial charge in [0, 0.05) is 24.1 Å². The molecule has 4 aromatic rings. The van der Waals surface area contributed by atoms with Crippen molar-refractivity contribution in [3.8, 4) is 5.75 Å². The molecule has 0 saturated carbocycles. The van der Waals surface area contributed by atoms with Crippen molar-refractivity contribution in [3.63, 3.8) is 0 Å². The van der Waals surface area contributed by atoms with Gasteiger partial charge in [0.2, 0.25) is 0 Å². The third-order valence-electron chi connectivity index (χ3n) is 5.14. The van der Waals surface area contributed by atoms with Crippen molar-refractivity contribution >= 4 is 17.7 Å². The lowest BCUT2D eigenvalue weighted by Gasteiger charge is -2.11. The predicted molar refractivity (Wildman–Crippen MR) is 128 cm³/mol. The lowest BCUT2D eigenvalue weighted by molar-refractivity contribution is 0.0947. The van der Waals surface area contributed by atoms with Crippen molar-refractivity contribution < 1.29 is 14.1 Å². The number of amides is 1. The Balaban J connectivity index is 1.36. The maximum absolute atomic E-state index is 12.9. The summed E-state index contributed by atoms with van der Waals surface area (Å²) in [6.45, 7) is 4.69. The zero-order chi connectivity index (χ0) is 23.0. The lowest BCUT2D eigenvalue weighted by Crippen LogP contribution is -2.23. The van der Waals surface area contributed by atoms with E-state index in [2.05, 4.69) is 15.5 Å². The number of carbonyl (C=O) groups excluding carboxylic acids is 1. The van der Waals surface area contributed by atoms with E-state index >= 15 is 0 Å². The molecule has 7 heteroatoms. The monoisotopic (exact) mass is 459 g/mol. The first-order valence-electron chi connectivity index (χ1n) is 10.6. The Bertz CT molecular complexity index is 1200. The number of thioether (sulfide) groups is 1. The summed E-state index contributed by atoms with van der Waals surface area (Å²) in [7, 11) is 0. The first kappa shape index (κ1) is 22.6. The molecule has 0 atom stereocenters. The molecule has 1 N–H and O–H groups in total. The Morgan fingerprint density at radius 1 is 1.03 bits per heavy atom. The Morgan fingerprint density at radius 3 is 2.64 bits per heavy atom. The van der Waals surface area contributed by atoms with E-state index in [0.29, 0.717) is 29.5 Å². The molecule has 1 amide bonds. The molecule has 0 aliphatic rings. The summed E-state index contributed by atoms with van der Waals surface area (Å²) in [5, 5.41) is 7.68. The minimum absolute atomic E-state index is 0.157. The van der Waals surface area contributed by atoms with Gasteiger partial charge in [0.25, 0.3) is 5.91 Å². The summed E-state index contributed by atoms with van der Waals surface area (Å²) in [4.78, 5) is 17.3. The van der Waals surface area contributed by atoms with Gasteiger partial charge >= 0.3 is 0 Å². The number of ether oxygens (including phenoxy) is 1. The van der Waals surface area contributed by atoms with Gasteiger partial charge < -0.3 is 14.6 Å². The zero-order valence-electron chi connectivity index (χ0n) is 18.6. The predicted octanol–water partition coefficient (Wildman–Crippen LogP) is 5.49. The standard InChI is InChI=1S/C26H25N3O3S/c1-18-24(19(2)32-29-18)17-33-26-23(12-7-13-27-26)25(30)28-15-20-8-6-9-21(14-20)16-31-22-10-4-3-5-11-22/h3-14H,15-17H2,1-2H3,(H,28,30). The van der Waals surface area contributed by atoms with Crippen LogP contribution in [0.3, 0.4) is 0 Å². The average Bonchev–Trinajstić information content (AvgIpc) is 3.18. The number of hydrogen-bond acceptors (Lipinski definition) is 6. The van der Waals surface area contributed by atoms with Crippen LogP contribution in [-0.2, 0) is 18.9 Å². The largest absolute Gasteiger partial charge is 0.489 e. The van der Waals surface area contributed by atoms with E-state index in [0.717, 1.165) is 33.9 Å². The topological polar surface area (TPSA) is 77.2 Å². The highest BCUT2D eigenvalue weighted by Gasteiger charge is 2.15. The molecule has 0 bridgehead atoms. The van der Waals surface area contributed by atoms with Gasteiger partial charge in [0.1, 0.15) is 23.1 Å². The fraction of sp³-hybridized carbons (Fsp3) is 0.192. The maximum Gasteiger partial charge on any atom is 0.254 e. The number of hydrogen-bond donors (Lipinski definition) is 1. The number of aryl methyl sites for hydroxylation is 2. The van der Waals surface area contributed by atoms with Crippen LogP contribution in [0.4, 0.5) is 0 Å². The van der Waals surface area contributed by atoms with E-state index in [1.54, 1.807) is 18.3 Å². The summed E-state index contributed by atoms with van der Waals surface area (Å²) in [5.41, 5.74) is 4.50. The molecule has 2 heterocycles. The first-order valence-corrected chi connectivity index (χ1v) is 11.6. The fourth-order valence-electron chi connectivity index (χ4n) is 3.32. The highest BCUT2D eigenvalue weighted by molar-refractivity contribution is 7.98. The van der Waals surface area contributed by atoms with Gasteiger partial charge in [0.15, 0.2) is 0 Å². The molecule has 0 spiro atoms. The first-order chi connectivity index (χ1) is 16.1. The van der Waals surface area contributed by atoms with E-state index < -0.39 is 0 Å². The van der Waals surface area contributed by atoms with E-state index in [9.17, 15) is 4.79 Å². The molecule has 2 aromatic heterocycles. The second-order valence-electron chi connectivity index (χ2n) is 7.55. The molecule has 6 nitrogen and oxygen atoms in total. The number of aromatic nitrogens is 2. The second-order valence-corrected chi connectivity index (χ2v) is 8.52. The number of carbonyl (C=O) groups is 1. The molecule has 0 aliphatic heterocycles. The number of pyridine rings is 1. The number of benzene rings is 2. The van der Waals surface area contributed by atoms with Crippen molar-refractivity contribution in [1.29, 1.82) is 0 Å². The summed E-state index contributed by atoms with van der Waals surface area (Å²) in [6, 6.07) is 21.3. The van der Waals surface area contributed by atoms with Crippen LogP contribution in [0.5, 0.6) is 5.75 Å². The minimum Gasteiger partial charge on any atom is -0.489 e. The Hall–Kier alpha value is -3.58. The number of nitrogens with one attached hydrogen (secondary N) is 1. The molecule has 168 valence electrons. The average molecular weight is 460 g/mol. The van der Waals surface area contributed by atoms with Gasteiger partial charge in [-0.1, -0.05) is 47.6 Å². The van der Waals surface area contributed by atoms with Crippen LogP contribution >= 0.6 is 11.8 Å². The van der Waals surface area contributed by atoms with Crippen molar-refractivity contribution in [2.45, 2.75) is 37.8 Å². The van der Waals surface area contributed by atoms with Gasteiger partial charge in [-0.25, -0.2) is 4.98 Å². The van der Waals surface area contributed by atoms with Crippen LogP contribution in [0.15, 0.2) is 82.5 Å². The highest BCUT2D eigenvalue weighted by Crippen LogP contribution is 2.27. The summed E-state index contributed by atoms with van der Waals surface area (Å²) < 4.78 is 11.1. The normalized spacial score (nSPS) is 10.7. The molecule has 0 fully saturated rings. The molecular formula is C26H25N3O3S. The van der Waals surface area contributed by atoms with Crippen LogP contribution in [-0.4, -0.2) is 16.0 Å².